The lowest BCUT2D eigenvalue weighted by Gasteiger charge is -2.18. The third-order valence-corrected chi connectivity index (χ3v) is 4.15. The molecule has 0 aliphatic heterocycles. The van der Waals surface area contributed by atoms with Gasteiger partial charge in [-0.25, -0.2) is 4.98 Å². The summed E-state index contributed by atoms with van der Waals surface area (Å²) in [4.78, 5) is 30.2. The number of carbonyl (C=O) groups excluding carboxylic acids is 1. The van der Waals surface area contributed by atoms with Gasteiger partial charge in [0.2, 0.25) is 5.91 Å². The monoisotopic (exact) mass is 379 g/mol. The van der Waals surface area contributed by atoms with Crippen LogP contribution >= 0.6 is 0 Å². The second-order valence-electron chi connectivity index (χ2n) is 6.13. The molecule has 3 aromatic rings. The van der Waals surface area contributed by atoms with E-state index in [1.807, 2.05) is 0 Å². The first-order valence-corrected chi connectivity index (χ1v) is 7.94. The topological polar surface area (TPSA) is 73.0 Å². The third kappa shape index (κ3) is 3.83. The Morgan fingerprint density at radius 2 is 1.89 bits per heavy atom. The molecule has 0 radical (unpaired) electrons. The van der Waals surface area contributed by atoms with Crippen molar-refractivity contribution in [2.45, 2.75) is 19.3 Å². The number of likely N-dealkylation sites (N-methyl/N-ethyl adjacent to an activating group) is 1. The van der Waals surface area contributed by atoms with Gasteiger partial charge in [0.05, 0.1) is 11.8 Å². The maximum atomic E-state index is 12.6. The predicted octanol–water partition coefficient (Wildman–Crippen LogP) is 1.81. The van der Waals surface area contributed by atoms with Gasteiger partial charge in [-0.2, -0.15) is 18.3 Å². The van der Waals surface area contributed by atoms with Crippen LogP contribution in [-0.4, -0.2) is 37.2 Å². The Morgan fingerprint density at radius 1 is 1.22 bits per heavy atom. The molecule has 0 bridgehead atoms. The first-order chi connectivity index (χ1) is 12.7. The van der Waals surface area contributed by atoms with Crippen LogP contribution in [0.2, 0.25) is 0 Å². The molecule has 7 nitrogen and oxygen atoms in total. The van der Waals surface area contributed by atoms with Crippen LogP contribution in [0.15, 0.2) is 41.6 Å². The van der Waals surface area contributed by atoms with Crippen LogP contribution in [0, 0.1) is 0 Å². The fraction of sp³-hybridized carbons (Fsp3) is 0.294. The number of amides is 1. The minimum Gasteiger partial charge on any atom is -0.340 e. The SMILES string of the molecule is CN(Cc1ccc(C(F)(F)F)cc1)C(=O)Cn1cnc2c(cnn2C)c1=O. The fourth-order valence-corrected chi connectivity index (χ4v) is 2.61. The zero-order valence-electron chi connectivity index (χ0n) is 14.6. The molecular formula is C17H16F3N5O2. The Kier molecular flexibility index (Phi) is 4.73. The van der Waals surface area contributed by atoms with Crippen molar-refractivity contribution in [3.8, 4) is 0 Å². The standard InChI is InChI=1S/C17H16F3N5O2/c1-23(8-11-3-5-12(6-4-11)17(18,19)20)14(26)9-25-10-21-15-13(16(25)27)7-22-24(15)2/h3-7,10H,8-9H2,1-2H3. The van der Waals surface area contributed by atoms with Gasteiger partial charge in [-0.05, 0) is 17.7 Å². The van der Waals surface area contributed by atoms with Crippen LogP contribution in [0.1, 0.15) is 11.1 Å². The summed E-state index contributed by atoms with van der Waals surface area (Å²) in [6.07, 6.45) is -1.74. The average Bonchev–Trinajstić information content (AvgIpc) is 2.98. The van der Waals surface area contributed by atoms with Crippen molar-refractivity contribution < 1.29 is 18.0 Å². The van der Waals surface area contributed by atoms with E-state index in [2.05, 4.69) is 10.1 Å². The highest BCUT2D eigenvalue weighted by Crippen LogP contribution is 2.29. The van der Waals surface area contributed by atoms with Crippen LogP contribution in [0.5, 0.6) is 0 Å². The van der Waals surface area contributed by atoms with Gasteiger partial charge in [0.15, 0.2) is 5.65 Å². The Hall–Kier alpha value is -3.17. The molecule has 3 rings (SSSR count). The number of hydrogen-bond acceptors (Lipinski definition) is 4. The van der Waals surface area contributed by atoms with Crippen molar-refractivity contribution in [2.24, 2.45) is 7.05 Å². The molecule has 1 aromatic carbocycles. The first kappa shape index (κ1) is 18.6. The molecule has 2 heterocycles. The van der Waals surface area contributed by atoms with E-state index in [0.717, 1.165) is 12.1 Å². The summed E-state index contributed by atoms with van der Waals surface area (Å²) in [5.41, 5.74) is -0.166. The van der Waals surface area contributed by atoms with Crippen molar-refractivity contribution in [3.63, 3.8) is 0 Å². The average molecular weight is 379 g/mol. The summed E-state index contributed by atoms with van der Waals surface area (Å²) in [6.45, 7) is -0.109. The number of alkyl halides is 3. The van der Waals surface area contributed by atoms with Crippen molar-refractivity contribution in [2.75, 3.05) is 7.05 Å². The van der Waals surface area contributed by atoms with Crippen LogP contribution in [-0.2, 0) is 31.1 Å². The van der Waals surface area contributed by atoms with Gasteiger partial charge in [0.25, 0.3) is 5.56 Å². The number of fused-ring (bicyclic) bond motifs is 1. The zero-order chi connectivity index (χ0) is 19.8. The Bertz CT molecular complexity index is 1040. The molecule has 1 amide bonds. The molecule has 0 fully saturated rings. The highest BCUT2D eigenvalue weighted by atomic mass is 19.4. The van der Waals surface area contributed by atoms with E-state index in [1.165, 1.54) is 45.9 Å². The van der Waals surface area contributed by atoms with E-state index in [0.29, 0.717) is 16.6 Å². The first-order valence-electron chi connectivity index (χ1n) is 7.94. The number of halogens is 3. The minimum absolute atomic E-state index is 0.119. The van der Waals surface area contributed by atoms with E-state index >= 15 is 0 Å². The van der Waals surface area contributed by atoms with Crippen LogP contribution in [0.3, 0.4) is 0 Å². The summed E-state index contributed by atoms with van der Waals surface area (Å²) < 4.78 is 40.4. The van der Waals surface area contributed by atoms with Crippen LogP contribution in [0.4, 0.5) is 13.2 Å². The third-order valence-electron chi connectivity index (χ3n) is 4.15. The molecule has 0 saturated carbocycles. The van der Waals surface area contributed by atoms with Gasteiger partial charge in [-0.1, -0.05) is 12.1 Å². The van der Waals surface area contributed by atoms with Crippen LogP contribution in [0.25, 0.3) is 11.0 Å². The number of hydrogen-bond donors (Lipinski definition) is 0. The summed E-state index contributed by atoms with van der Waals surface area (Å²) >= 11 is 0. The fourth-order valence-electron chi connectivity index (χ4n) is 2.61. The Morgan fingerprint density at radius 3 is 2.52 bits per heavy atom. The van der Waals surface area contributed by atoms with Crippen molar-refractivity contribution >= 4 is 16.9 Å². The highest BCUT2D eigenvalue weighted by Gasteiger charge is 2.30. The lowest BCUT2D eigenvalue weighted by atomic mass is 10.1. The van der Waals surface area contributed by atoms with E-state index in [1.54, 1.807) is 7.05 Å². The molecule has 0 spiro atoms. The predicted molar refractivity (Wildman–Crippen MR) is 90.7 cm³/mol. The van der Waals surface area contributed by atoms with Crippen molar-refractivity contribution in [1.29, 1.82) is 0 Å². The number of rotatable bonds is 4. The number of aryl methyl sites for hydroxylation is 1. The Labute approximate surface area is 151 Å². The summed E-state index contributed by atoms with van der Waals surface area (Å²) in [6, 6.07) is 4.58. The summed E-state index contributed by atoms with van der Waals surface area (Å²) in [7, 11) is 3.17. The van der Waals surface area contributed by atoms with Gasteiger partial charge in [-0.15, -0.1) is 0 Å². The lowest BCUT2D eigenvalue weighted by molar-refractivity contribution is -0.137. The minimum atomic E-state index is -4.40. The highest BCUT2D eigenvalue weighted by molar-refractivity contribution is 5.77. The molecule has 10 heteroatoms. The molecule has 0 aliphatic rings. The second kappa shape index (κ2) is 6.86. The Balaban J connectivity index is 1.71. The molecule has 142 valence electrons. The normalized spacial score (nSPS) is 11.7. The maximum Gasteiger partial charge on any atom is 0.416 e. The molecule has 0 unspecified atom stereocenters. The van der Waals surface area contributed by atoms with E-state index in [9.17, 15) is 22.8 Å². The summed E-state index contributed by atoms with van der Waals surface area (Å²) in [5.74, 6) is -0.373. The van der Waals surface area contributed by atoms with E-state index < -0.39 is 11.7 Å². The molecule has 0 saturated heterocycles. The van der Waals surface area contributed by atoms with Gasteiger partial charge >= 0.3 is 6.18 Å². The van der Waals surface area contributed by atoms with Crippen LogP contribution < -0.4 is 5.56 Å². The van der Waals surface area contributed by atoms with Crippen molar-refractivity contribution in [1.82, 2.24) is 24.2 Å². The molecule has 27 heavy (non-hydrogen) atoms. The van der Waals surface area contributed by atoms with Gasteiger partial charge < -0.3 is 4.90 Å². The smallest absolute Gasteiger partial charge is 0.340 e. The summed E-state index contributed by atoms with van der Waals surface area (Å²) in [5, 5.41) is 4.26. The quantitative estimate of drug-likeness (QED) is 0.693. The molecule has 0 N–H and O–H groups in total. The zero-order valence-corrected chi connectivity index (χ0v) is 14.6. The molecule has 2 aromatic heterocycles. The number of carbonyl (C=O) groups is 1. The van der Waals surface area contributed by atoms with Gasteiger partial charge in [-0.3, -0.25) is 18.8 Å². The van der Waals surface area contributed by atoms with Gasteiger partial charge in [0.1, 0.15) is 18.3 Å². The van der Waals surface area contributed by atoms with E-state index in [4.69, 9.17) is 0 Å². The number of aromatic nitrogens is 4. The number of nitrogens with zero attached hydrogens (tertiary/aromatic N) is 5. The molecule has 0 aliphatic carbocycles. The van der Waals surface area contributed by atoms with Crippen molar-refractivity contribution in [3.05, 3.63) is 58.3 Å². The largest absolute Gasteiger partial charge is 0.416 e. The number of benzene rings is 1. The van der Waals surface area contributed by atoms with E-state index in [-0.39, 0.29) is 24.6 Å². The molecular weight excluding hydrogens is 363 g/mol. The molecule has 0 atom stereocenters. The lowest BCUT2D eigenvalue weighted by Crippen LogP contribution is -2.33. The van der Waals surface area contributed by atoms with Gasteiger partial charge in [0, 0.05) is 20.6 Å². The second-order valence-corrected chi connectivity index (χ2v) is 6.13. The maximum absolute atomic E-state index is 12.6.